The Balaban J connectivity index is 1.56. The molecule has 1 aliphatic heterocycles. The Morgan fingerprint density at radius 1 is 0.909 bits per heavy atom. The first kappa shape index (κ1) is 25.2. The maximum atomic E-state index is 12.8. The highest BCUT2D eigenvalue weighted by Crippen LogP contribution is 2.25. The summed E-state index contributed by atoms with van der Waals surface area (Å²) < 4.78 is 53.0. The molecule has 10 heteroatoms. The quantitative estimate of drug-likeness (QED) is 0.563. The van der Waals surface area contributed by atoms with Crippen molar-refractivity contribution in [1.82, 2.24) is 9.21 Å². The van der Waals surface area contributed by atoms with E-state index in [-0.39, 0.29) is 36.9 Å². The third kappa shape index (κ3) is 5.93. The first-order valence-electron chi connectivity index (χ1n) is 10.9. The van der Waals surface area contributed by atoms with Gasteiger partial charge in [-0.15, -0.1) is 0 Å². The monoisotopic (exact) mass is 493 g/mol. The Hall–Kier alpha value is -2.43. The Kier molecular flexibility index (Phi) is 7.81. The number of hydrogen-bond acceptors (Lipinski definition) is 5. The van der Waals surface area contributed by atoms with Crippen LogP contribution in [0.15, 0.2) is 53.4 Å². The van der Waals surface area contributed by atoms with E-state index in [0.717, 1.165) is 11.1 Å². The van der Waals surface area contributed by atoms with Crippen LogP contribution < -0.4 is 4.31 Å². The van der Waals surface area contributed by atoms with Gasteiger partial charge in [0, 0.05) is 39.1 Å². The van der Waals surface area contributed by atoms with E-state index in [2.05, 4.69) is 0 Å². The van der Waals surface area contributed by atoms with Gasteiger partial charge in [-0.2, -0.15) is 4.31 Å². The number of nitrogens with zero attached hydrogens (tertiary/aromatic N) is 3. The second-order valence-corrected chi connectivity index (χ2v) is 12.1. The van der Waals surface area contributed by atoms with Crippen LogP contribution >= 0.6 is 0 Å². The van der Waals surface area contributed by atoms with E-state index in [1.54, 1.807) is 41.3 Å². The Bertz CT molecular complexity index is 1190. The smallest absolute Gasteiger partial charge is 0.243 e. The van der Waals surface area contributed by atoms with Crippen molar-refractivity contribution in [3.05, 3.63) is 59.7 Å². The molecule has 3 rings (SSSR count). The van der Waals surface area contributed by atoms with Crippen LogP contribution in [0.4, 0.5) is 5.69 Å². The number of piperazine rings is 1. The summed E-state index contributed by atoms with van der Waals surface area (Å²) in [7, 11) is -7.07. The maximum Gasteiger partial charge on any atom is 0.243 e. The molecule has 0 unspecified atom stereocenters. The molecular formula is C23H31N3O5S2. The first-order valence-corrected chi connectivity index (χ1v) is 14.2. The fourth-order valence-electron chi connectivity index (χ4n) is 3.92. The minimum Gasteiger partial charge on any atom is -0.340 e. The molecule has 0 aromatic heterocycles. The molecule has 1 amide bonds. The van der Waals surface area contributed by atoms with Crippen molar-refractivity contribution in [3.8, 4) is 0 Å². The summed E-state index contributed by atoms with van der Waals surface area (Å²) in [4.78, 5) is 14.6. The van der Waals surface area contributed by atoms with E-state index in [9.17, 15) is 21.6 Å². The van der Waals surface area contributed by atoms with Crippen molar-refractivity contribution in [2.24, 2.45) is 0 Å². The van der Waals surface area contributed by atoms with Crippen LogP contribution in [-0.2, 0) is 24.8 Å². The number of rotatable bonds is 8. The van der Waals surface area contributed by atoms with E-state index in [1.807, 2.05) is 26.0 Å². The molecule has 2 aromatic rings. The fraction of sp³-hybridized carbons (Fsp3) is 0.435. The lowest BCUT2D eigenvalue weighted by Gasteiger charge is -2.34. The van der Waals surface area contributed by atoms with Gasteiger partial charge in [-0.1, -0.05) is 30.3 Å². The minimum atomic E-state index is -3.57. The molecule has 1 fully saturated rings. The summed E-state index contributed by atoms with van der Waals surface area (Å²) in [6.45, 7) is 5.13. The highest BCUT2D eigenvalue weighted by Gasteiger charge is 2.30. The van der Waals surface area contributed by atoms with Crippen molar-refractivity contribution in [1.29, 1.82) is 0 Å². The summed E-state index contributed by atoms with van der Waals surface area (Å²) in [5.74, 6) is -0.0961. The molecule has 0 atom stereocenters. The summed E-state index contributed by atoms with van der Waals surface area (Å²) in [6, 6.07) is 13.8. The molecule has 0 N–H and O–H groups in total. The van der Waals surface area contributed by atoms with Crippen LogP contribution in [0.5, 0.6) is 0 Å². The average molecular weight is 494 g/mol. The number of carbonyl (C=O) groups excluding carboxylic acids is 1. The van der Waals surface area contributed by atoms with E-state index in [0.29, 0.717) is 25.2 Å². The van der Waals surface area contributed by atoms with Gasteiger partial charge >= 0.3 is 0 Å². The Morgan fingerprint density at radius 2 is 1.55 bits per heavy atom. The molecule has 2 aromatic carbocycles. The van der Waals surface area contributed by atoms with E-state index >= 15 is 0 Å². The van der Waals surface area contributed by atoms with Crippen molar-refractivity contribution in [2.75, 3.05) is 43.3 Å². The number of aryl methyl sites for hydroxylation is 1. The molecule has 0 aliphatic carbocycles. The van der Waals surface area contributed by atoms with Gasteiger partial charge in [-0.3, -0.25) is 9.10 Å². The lowest BCUT2D eigenvalue weighted by atomic mass is 10.1. The summed E-state index contributed by atoms with van der Waals surface area (Å²) in [6.07, 6.45) is 1.74. The van der Waals surface area contributed by atoms with Crippen molar-refractivity contribution in [2.45, 2.75) is 31.6 Å². The van der Waals surface area contributed by atoms with Gasteiger partial charge in [0.05, 0.1) is 16.8 Å². The third-order valence-corrected chi connectivity index (χ3v) is 9.06. The fourth-order valence-corrected chi connectivity index (χ4v) is 6.38. The summed E-state index contributed by atoms with van der Waals surface area (Å²) in [5.41, 5.74) is 2.52. The van der Waals surface area contributed by atoms with E-state index in [4.69, 9.17) is 0 Å². The molecule has 8 nitrogen and oxygen atoms in total. The number of anilines is 1. The third-order valence-electron chi connectivity index (χ3n) is 5.97. The lowest BCUT2D eigenvalue weighted by molar-refractivity contribution is -0.132. The average Bonchev–Trinajstić information content (AvgIpc) is 2.79. The van der Waals surface area contributed by atoms with Gasteiger partial charge in [0.2, 0.25) is 26.0 Å². The maximum absolute atomic E-state index is 12.8. The van der Waals surface area contributed by atoms with Crippen molar-refractivity contribution in [3.63, 3.8) is 0 Å². The predicted octanol–water partition coefficient (Wildman–Crippen LogP) is 2.38. The number of hydrogen-bond donors (Lipinski definition) is 0. The molecule has 1 saturated heterocycles. The van der Waals surface area contributed by atoms with Crippen molar-refractivity contribution < 1.29 is 21.6 Å². The summed E-state index contributed by atoms with van der Waals surface area (Å²) in [5, 5.41) is 0. The molecule has 0 spiro atoms. The molecule has 1 heterocycles. The van der Waals surface area contributed by atoms with Gasteiger partial charge < -0.3 is 4.90 Å². The van der Waals surface area contributed by atoms with Crippen molar-refractivity contribution >= 4 is 31.6 Å². The minimum absolute atomic E-state index is 0.0961. The zero-order valence-electron chi connectivity index (χ0n) is 19.3. The van der Waals surface area contributed by atoms with Crippen LogP contribution in [0.2, 0.25) is 0 Å². The highest BCUT2D eigenvalue weighted by atomic mass is 32.2. The van der Waals surface area contributed by atoms with Crippen LogP contribution in [0.25, 0.3) is 0 Å². The number of sulfonamides is 2. The van der Waals surface area contributed by atoms with Crippen LogP contribution in [0.1, 0.15) is 24.0 Å². The Morgan fingerprint density at radius 3 is 2.15 bits per heavy atom. The molecule has 1 aliphatic rings. The molecule has 180 valence electrons. The standard InChI is InChI=1S/C23H31N3O5S2/c1-19-9-7-12-22(20(19)2)26(32(3,28)29)14-8-13-23(27)24-15-17-25(18-16-24)33(30,31)21-10-5-4-6-11-21/h4-7,9-12H,8,13-18H2,1-3H3. The molecule has 0 saturated carbocycles. The SMILES string of the molecule is Cc1cccc(N(CCCC(=O)N2CCN(S(=O)(=O)c3ccccc3)CC2)S(C)(=O)=O)c1C. The highest BCUT2D eigenvalue weighted by molar-refractivity contribution is 7.92. The second kappa shape index (κ2) is 10.2. The Labute approximate surface area is 196 Å². The first-order chi connectivity index (χ1) is 15.5. The normalized spacial score (nSPS) is 15.4. The zero-order valence-corrected chi connectivity index (χ0v) is 20.9. The predicted molar refractivity (Wildman–Crippen MR) is 129 cm³/mol. The summed E-state index contributed by atoms with van der Waals surface area (Å²) >= 11 is 0. The van der Waals surface area contributed by atoms with E-state index < -0.39 is 20.0 Å². The number of benzene rings is 2. The van der Waals surface area contributed by atoms with Crippen LogP contribution in [-0.4, -0.2) is 70.9 Å². The van der Waals surface area contributed by atoms with Crippen LogP contribution in [0, 0.1) is 13.8 Å². The van der Waals surface area contributed by atoms with Gasteiger partial charge in [-0.25, -0.2) is 16.8 Å². The molecular weight excluding hydrogens is 462 g/mol. The van der Waals surface area contributed by atoms with E-state index in [1.165, 1.54) is 14.9 Å². The lowest BCUT2D eigenvalue weighted by Crippen LogP contribution is -2.50. The van der Waals surface area contributed by atoms with Gasteiger partial charge in [0.1, 0.15) is 0 Å². The topological polar surface area (TPSA) is 95.1 Å². The molecule has 0 bridgehead atoms. The number of carbonyl (C=O) groups is 1. The zero-order chi connectivity index (χ0) is 24.2. The molecule has 0 radical (unpaired) electrons. The largest absolute Gasteiger partial charge is 0.340 e. The van der Waals surface area contributed by atoms with Gasteiger partial charge in [0.25, 0.3) is 0 Å². The molecule has 33 heavy (non-hydrogen) atoms. The van der Waals surface area contributed by atoms with Gasteiger partial charge in [-0.05, 0) is 49.6 Å². The number of amides is 1. The van der Waals surface area contributed by atoms with Crippen LogP contribution in [0.3, 0.4) is 0 Å². The second-order valence-electron chi connectivity index (χ2n) is 8.26. The van der Waals surface area contributed by atoms with Gasteiger partial charge in [0.15, 0.2) is 0 Å².